The van der Waals surface area contributed by atoms with Crippen molar-refractivity contribution in [3.8, 4) is 6.07 Å². The summed E-state index contributed by atoms with van der Waals surface area (Å²) in [5.74, 6) is 0.330. The van der Waals surface area contributed by atoms with Gasteiger partial charge in [-0.15, -0.1) is 0 Å². The second-order valence-corrected chi connectivity index (χ2v) is 6.09. The number of nitriles is 1. The van der Waals surface area contributed by atoms with Crippen LogP contribution in [0.3, 0.4) is 0 Å². The molecule has 0 amide bonds. The van der Waals surface area contributed by atoms with Gasteiger partial charge in [-0.25, -0.2) is 15.0 Å². The van der Waals surface area contributed by atoms with E-state index in [1.165, 1.54) is 0 Å². The fourth-order valence-corrected chi connectivity index (χ4v) is 2.65. The van der Waals surface area contributed by atoms with Crippen LogP contribution in [0.5, 0.6) is 0 Å². The summed E-state index contributed by atoms with van der Waals surface area (Å²) < 4.78 is 5.77. The minimum absolute atomic E-state index is 0.365. The summed E-state index contributed by atoms with van der Waals surface area (Å²) in [6.45, 7) is 4.93. The molecule has 0 aliphatic rings. The van der Waals surface area contributed by atoms with E-state index in [4.69, 9.17) is 4.42 Å². The molecule has 1 aromatic carbocycles. The minimum atomic E-state index is -0.660. The first kappa shape index (κ1) is 16.9. The average Bonchev–Trinajstić information content (AvgIpc) is 3.03. The fourth-order valence-electron chi connectivity index (χ4n) is 2.65. The molecule has 0 aliphatic carbocycles. The molecule has 0 saturated carbocycles. The monoisotopic (exact) mass is 335 g/mol. The summed E-state index contributed by atoms with van der Waals surface area (Å²) in [5.41, 5.74) is 2.84. The molecular weight excluding hydrogens is 314 g/mol. The zero-order valence-corrected chi connectivity index (χ0v) is 14.7. The molecule has 3 aromatic rings. The first-order valence-electron chi connectivity index (χ1n) is 8.44. The van der Waals surface area contributed by atoms with Crippen molar-refractivity contribution in [2.24, 2.45) is 0 Å². The normalized spacial score (nSPS) is 12.1. The number of anilines is 1. The predicted molar refractivity (Wildman–Crippen MR) is 96.4 cm³/mol. The van der Waals surface area contributed by atoms with Gasteiger partial charge in [0.1, 0.15) is 5.52 Å². The van der Waals surface area contributed by atoms with Gasteiger partial charge in [-0.2, -0.15) is 5.26 Å². The first-order chi connectivity index (χ1) is 12.1. The highest BCUT2D eigenvalue weighted by Gasteiger charge is 2.23. The third kappa shape index (κ3) is 3.61. The van der Waals surface area contributed by atoms with E-state index in [1.807, 2.05) is 49.2 Å². The van der Waals surface area contributed by atoms with E-state index in [2.05, 4.69) is 27.9 Å². The van der Waals surface area contributed by atoms with E-state index in [1.54, 1.807) is 0 Å². The van der Waals surface area contributed by atoms with Crippen LogP contribution >= 0.6 is 0 Å². The molecule has 0 fully saturated rings. The quantitative estimate of drug-likeness (QED) is 0.681. The number of oxazole rings is 1. The highest BCUT2D eigenvalue weighted by atomic mass is 16.3. The number of para-hydroxylation sites is 2. The van der Waals surface area contributed by atoms with Gasteiger partial charge < -0.3 is 9.32 Å². The Morgan fingerprint density at radius 1 is 1.24 bits per heavy atom. The summed E-state index contributed by atoms with van der Waals surface area (Å²) in [6.07, 6.45) is 2.17. The molecule has 2 heterocycles. The lowest BCUT2D eigenvalue weighted by atomic mass is 10.1. The number of aromatic nitrogens is 3. The van der Waals surface area contributed by atoms with Gasteiger partial charge in [0.25, 0.3) is 0 Å². The predicted octanol–water partition coefficient (Wildman–Crippen LogP) is 3.82. The van der Waals surface area contributed by atoms with Crippen molar-refractivity contribution in [1.82, 2.24) is 15.0 Å². The van der Waals surface area contributed by atoms with Crippen molar-refractivity contribution in [2.45, 2.75) is 32.6 Å². The van der Waals surface area contributed by atoms with Crippen LogP contribution < -0.4 is 4.90 Å². The van der Waals surface area contributed by atoms with Crippen LogP contribution in [-0.2, 0) is 0 Å². The number of nitrogens with zero attached hydrogens (tertiary/aromatic N) is 5. The van der Waals surface area contributed by atoms with Crippen molar-refractivity contribution in [3.05, 3.63) is 47.6 Å². The minimum Gasteiger partial charge on any atom is -0.439 e. The molecule has 6 heteroatoms. The lowest BCUT2D eigenvalue weighted by Gasteiger charge is -2.18. The van der Waals surface area contributed by atoms with Crippen molar-refractivity contribution in [1.29, 1.82) is 5.26 Å². The smallest absolute Gasteiger partial charge is 0.225 e. The Morgan fingerprint density at radius 2 is 2.04 bits per heavy atom. The second kappa shape index (κ2) is 7.31. The Bertz CT molecular complexity index is 879. The summed E-state index contributed by atoms with van der Waals surface area (Å²) >= 11 is 0. The van der Waals surface area contributed by atoms with Gasteiger partial charge in [0.05, 0.1) is 11.8 Å². The zero-order chi connectivity index (χ0) is 17.8. The van der Waals surface area contributed by atoms with E-state index in [9.17, 15) is 5.26 Å². The van der Waals surface area contributed by atoms with Crippen molar-refractivity contribution < 1.29 is 4.42 Å². The van der Waals surface area contributed by atoms with Gasteiger partial charge >= 0.3 is 0 Å². The number of aryl methyl sites for hydroxylation is 1. The Morgan fingerprint density at radius 3 is 2.76 bits per heavy atom. The number of rotatable bonds is 6. The number of benzene rings is 1. The molecule has 1 atom stereocenters. The Labute approximate surface area is 147 Å². The summed E-state index contributed by atoms with van der Waals surface area (Å²) in [7, 11) is 1.97. The molecule has 0 radical (unpaired) electrons. The molecular formula is C19H21N5O. The Hall–Kier alpha value is -2.94. The van der Waals surface area contributed by atoms with E-state index in [0.29, 0.717) is 23.1 Å². The summed E-state index contributed by atoms with van der Waals surface area (Å²) in [4.78, 5) is 15.6. The molecule has 25 heavy (non-hydrogen) atoms. The maximum absolute atomic E-state index is 9.70. The van der Waals surface area contributed by atoms with Crippen molar-refractivity contribution in [2.75, 3.05) is 18.5 Å². The van der Waals surface area contributed by atoms with Crippen LogP contribution in [-0.4, -0.2) is 28.5 Å². The van der Waals surface area contributed by atoms with Crippen LogP contribution in [0.1, 0.15) is 43.0 Å². The Balaban J connectivity index is 1.98. The molecule has 0 unspecified atom stereocenters. The summed E-state index contributed by atoms with van der Waals surface area (Å²) in [6, 6.07) is 11.6. The molecule has 0 saturated heterocycles. The van der Waals surface area contributed by atoms with Crippen LogP contribution in [0.2, 0.25) is 0 Å². The van der Waals surface area contributed by atoms with Gasteiger partial charge in [-0.3, -0.25) is 0 Å². The van der Waals surface area contributed by atoms with Gasteiger partial charge in [-0.05, 0) is 31.5 Å². The molecule has 128 valence electrons. The van der Waals surface area contributed by atoms with Crippen molar-refractivity contribution in [3.63, 3.8) is 0 Å². The Kier molecular flexibility index (Phi) is 4.94. The molecule has 2 aromatic heterocycles. The highest BCUT2D eigenvalue weighted by Crippen LogP contribution is 2.27. The SMILES string of the molecule is CCCCN(C)c1nc(C)cc([C@H](C#N)c2nc3ccccc3o2)n1. The lowest BCUT2D eigenvalue weighted by Crippen LogP contribution is -2.22. The van der Waals surface area contributed by atoms with E-state index in [-0.39, 0.29) is 0 Å². The lowest BCUT2D eigenvalue weighted by molar-refractivity contribution is 0.525. The van der Waals surface area contributed by atoms with Crippen LogP contribution in [0.25, 0.3) is 11.1 Å². The van der Waals surface area contributed by atoms with Gasteiger partial charge in [0, 0.05) is 19.3 Å². The third-order valence-electron chi connectivity index (χ3n) is 4.03. The second-order valence-electron chi connectivity index (χ2n) is 6.09. The van der Waals surface area contributed by atoms with E-state index >= 15 is 0 Å². The van der Waals surface area contributed by atoms with Crippen LogP contribution in [0, 0.1) is 18.3 Å². The van der Waals surface area contributed by atoms with Crippen molar-refractivity contribution >= 4 is 17.0 Å². The maximum atomic E-state index is 9.70. The molecule has 0 spiro atoms. The van der Waals surface area contributed by atoms with E-state index in [0.717, 1.165) is 30.6 Å². The molecule has 0 N–H and O–H groups in total. The number of unbranched alkanes of at least 4 members (excludes halogenated alkanes) is 1. The topological polar surface area (TPSA) is 78.8 Å². The fraction of sp³-hybridized carbons (Fsp3) is 0.368. The van der Waals surface area contributed by atoms with E-state index < -0.39 is 5.92 Å². The molecule has 3 rings (SSSR count). The molecule has 6 nitrogen and oxygen atoms in total. The number of hydrogen-bond acceptors (Lipinski definition) is 6. The first-order valence-corrected chi connectivity index (χ1v) is 8.44. The number of hydrogen-bond donors (Lipinski definition) is 0. The molecule has 0 aliphatic heterocycles. The average molecular weight is 335 g/mol. The molecule has 0 bridgehead atoms. The van der Waals surface area contributed by atoms with Crippen LogP contribution in [0.15, 0.2) is 34.7 Å². The summed E-state index contributed by atoms with van der Waals surface area (Å²) in [5, 5.41) is 9.70. The van der Waals surface area contributed by atoms with Gasteiger partial charge in [0.2, 0.25) is 11.8 Å². The maximum Gasteiger partial charge on any atom is 0.225 e. The third-order valence-corrected chi connectivity index (χ3v) is 4.03. The number of fused-ring (bicyclic) bond motifs is 1. The largest absolute Gasteiger partial charge is 0.439 e. The van der Waals surface area contributed by atoms with Crippen LogP contribution in [0.4, 0.5) is 5.95 Å². The standard InChI is InChI=1S/C19H21N5O/c1-4-5-10-24(3)19-21-13(2)11-16(23-19)14(12-20)18-22-15-8-6-7-9-17(15)25-18/h6-9,11,14H,4-5,10H2,1-3H3/t14-/m0/s1. The van der Waals surface area contributed by atoms with Gasteiger partial charge in [-0.1, -0.05) is 25.5 Å². The highest BCUT2D eigenvalue weighted by molar-refractivity contribution is 5.72. The zero-order valence-electron chi connectivity index (χ0n) is 14.7. The van der Waals surface area contributed by atoms with Gasteiger partial charge in [0.15, 0.2) is 11.5 Å².